The number of benzene rings is 2. The SMILES string of the molecule is CN(C)N1C(N)=C(C#N)C2(C(=O)N(CC(=O)Nc3cccc(Cl)c3)c3ccccc32)C2=C1CCCC2=O. The van der Waals surface area contributed by atoms with Crippen molar-refractivity contribution in [2.75, 3.05) is 30.9 Å². The summed E-state index contributed by atoms with van der Waals surface area (Å²) in [5.41, 5.74) is 7.09. The molecule has 37 heavy (non-hydrogen) atoms. The van der Waals surface area contributed by atoms with Crippen LogP contribution in [-0.2, 0) is 19.8 Å². The minimum Gasteiger partial charge on any atom is -0.383 e. The van der Waals surface area contributed by atoms with Gasteiger partial charge >= 0.3 is 0 Å². The summed E-state index contributed by atoms with van der Waals surface area (Å²) in [5.74, 6) is -1.11. The van der Waals surface area contributed by atoms with Crippen LogP contribution in [0.3, 0.4) is 0 Å². The van der Waals surface area contributed by atoms with Crippen LogP contribution in [-0.4, -0.2) is 48.3 Å². The maximum Gasteiger partial charge on any atom is 0.248 e. The van der Waals surface area contributed by atoms with Crippen LogP contribution in [0.15, 0.2) is 71.2 Å². The largest absolute Gasteiger partial charge is 0.383 e. The van der Waals surface area contributed by atoms with Crippen LogP contribution in [0.1, 0.15) is 24.8 Å². The van der Waals surface area contributed by atoms with Gasteiger partial charge in [0.1, 0.15) is 23.8 Å². The van der Waals surface area contributed by atoms with Crippen molar-refractivity contribution in [3.05, 3.63) is 81.8 Å². The predicted octanol–water partition coefficient (Wildman–Crippen LogP) is 3.06. The first-order valence-corrected chi connectivity index (χ1v) is 12.2. The molecule has 10 heteroatoms. The Labute approximate surface area is 219 Å². The van der Waals surface area contributed by atoms with E-state index in [1.807, 2.05) is 0 Å². The molecule has 1 atom stereocenters. The summed E-state index contributed by atoms with van der Waals surface area (Å²) in [4.78, 5) is 42.4. The maximum atomic E-state index is 14.4. The molecule has 3 N–H and O–H groups in total. The molecule has 188 valence electrons. The highest BCUT2D eigenvalue weighted by atomic mass is 35.5. The number of nitrogens with one attached hydrogen (secondary N) is 1. The Morgan fingerprint density at radius 2 is 1.95 bits per heavy atom. The third kappa shape index (κ3) is 3.60. The zero-order valence-electron chi connectivity index (χ0n) is 20.4. The zero-order chi connectivity index (χ0) is 26.5. The molecule has 0 aromatic heterocycles. The van der Waals surface area contributed by atoms with Crippen LogP contribution < -0.4 is 16.0 Å². The lowest BCUT2D eigenvalue weighted by atomic mass is 9.64. The van der Waals surface area contributed by atoms with Crippen molar-refractivity contribution in [2.45, 2.75) is 24.7 Å². The van der Waals surface area contributed by atoms with Gasteiger partial charge in [0.05, 0.1) is 5.57 Å². The average Bonchev–Trinajstić information content (AvgIpc) is 3.08. The van der Waals surface area contributed by atoms with E-state index in [1.165, 1.54) is 4.90 Å². The van der Waals surface area contributed by atoms with E-state index in [-0.39, 0.29) is 35.7 Å². The number of carbonyl (C=O) groups excluding carboxylic acids is 3. The van der Waals surface area contributed by atoms with Gasteiger partial charge in [0.15, 0.2) is 5.78 Å². The van der Waals surface area contributed by atoms with Crippen molar-refractivity contribution >= 4 is 40.6 Å². The molecule has 9 nitrogen and oxygen atoms in total. The van der Waals surface area contributed by atoms with E-state index in [0.717, 1.165) is 0 Å². The number of hydrogen-bond donors (Lipinski definition) is 2. The number of halogens is 1. The minimum atomic E-state index is -1.72. The number of amides is 2. The number of hydrazine groups is 1. The van der Waals surface area contributed by atoms with Gasteiger partial charge in [-0.15, -0.1) is 0 Å². The van der Waals surface area contributed by atoms with Crippen molar-refractivity contribution in [2.24, 2.45) is 5.73 Å². The number of ketones is 1. The van der Waals surface area contributed by atoms with Crippen LogP contribution in [0.5, 0.6) is 0 Å². The summed E-state index contributed by atoms with van der Waals surface area (Å²) in [6.07, 6.45) is 1.38. The van der Waals surface area contributed by atoms with E-state index in [4.69, 9.17) is 17.3 Å². The Hall–Kier alpha value is -4.13. The van der Waals surface area contributed by atoms with Crippen LogP contribution in [0.4, 0.5) is 11.4 Å². The third-order valence-electron chi connectivity index (χ3n) is 6.96. The Balaban J connectivity index is 1.67. The number of anilines is 2. The molecule has 1 aliphatic carbocycles. The lowest BCUT2D eigenvalue weighted by Gasteiger charge is -2.45. The molecule has 0 saturated heterocycles. The van der Waals surface area contributed by atoms with Crippen LogP contribution in [0.25, 0.3) is 0 Å². The first-order valence-electron chi connectivity index (χ1n) is 11.8. The summed E-state index contributed by atoms with van der Waals surface area (Å²) in [7, 11) is 3.53. The van der Waals surface area contributed by atoms with Gasteiger partial charge in [-0.3, -0.25) is 19.4 Å². The van der Waals surface area contributed by atoms with Gasteiger partial charge in [-0.1, -0.05) is 35.9 Å². The molecule has 0 bridgehead atoms. The standard InChI is InChI=1S/C27H25ClN6O3/c1-32(2)34-21-11-6-12-22(35)24(21)27(19(14-29)25(34)30)18-9-3-4-10-20(18)33(26(27)37)15-23(36)31-17-8-5-7-16(28)13-17/h3-5,7-10,13H,6,11-12,15,30H2,1-2H3,(H,31,36). The summed E-state index contributed by atoms with van der Waals surface area (Å²) in [6, 6.07) is 15.8. The van der Waals surface area contributed by atoms with E-state index in [2.05, 4.69) is 11.4 Å². The number of fused-ring (bicyclic) bond motifs is 3. The molecule has 2 aromatic rings. The first kappa shape index (κ1) is 24.6. The second-order valence-corrected chi connectivity index (χ2v) is 9.78. The second-order valence-electron chi connectivity index (χ2n) is 9.35. The number of nitrogens with two attached hydrogens (primary N) is 1. The van der Waals surface area contributed by atoms with Crippen LogP contribution in [0.2, 0.25) is 5.02 Å². The van der Waals surface area contributed by atoms with Gasteiger partial charge in [-0.25, -0.2) is 5.01 Å². The molecule has 1 unspecified atom stereocenters. The van der Waals surface area contributed by atoms with Gasteiger partial charge in [-0.2, -0.15) is 5.26 Å². The molecule has 2 amide bonds. The predicted molar refractivity (Wildman–Crippen MR) is 139 cm³/mol. The van der Waals surface area contributed by atoms with Gasteiger partial charge in [-0.05, 0) is 37.1 Å². The zero-order valence-corrected chi connectivity index (χ0v) is 21.2. The summed E-state index contributed by atoms with van der Waals surface area (Å²) < 4.78 is 0. The first-order chi connectivity index (χ1) is 17.7. The summed E-state index contributed by atoms with van der Waals surface area (Å²) in [5, 5.41) is 16.9. The fourth-order valence-corrected chi connectivity index (χ4v) is 5.83. The smallest absolute Gasteiger partial charge is 0.248 e. The van der Waals surface area contributed by atoms with Crippen molar-refractivity contribution in [3.8, 4) is 6.07 Å². The Morgan fingerprint density at radius 3 is 2.65 bits per heavy atom. The molecule has 1 spiro atoms. The normalized spacial score (nSPS) is 20.9. The maximum absolute atomic E-state index is 14.4. The number of hydrogen-bond acceptors (Lipinski definition) is 7. The monoisotopic (exact) mass is 516 g/mol. The molecule has 0 fully saturated rings. The molecule has 0 radical (unpaired) electrons. The van der Waals surface area contributed by atoms with Gasteiger partial charge in [0.2, 0.25) is 11.8 Å². The van der Waals surface area contributed by atoms with E-state index >= 15 is 0 Å². The Kier molecular flexibility index (Phi) is 6.02. The van der Waals surface area contributed by atoms with Gasteiger partial charge in [0.25, 0.3) is 0 Å². The number of rotatable bonds is 4. The molecule has 3 aliphatic rings. The number of carbonyl (C=O) groups is 3. The average molecular weight is 517 g/mol. The van der Waals surface area contributed by atoms with Crippen molar-refractivity contribution in [3.63, 3.8) is 0 Å². The molecular formula is C27H25ClN6O3. The molecule has 5 rings (SSSR count). The highest BCUT2D eigenvalue weighted by molar-refractivity contribution is 6.31. The molecule has 2 aliphatic heterocycles. The summed E-state index contributed by atoms with van der Waals surface area (Å²) in [6.45, 7) is -0.322. The van der Waals surface area contributed by atoms with Crippen LogP contribution >= 0.6 is 11.6 Å². The second kappa shape index (κ2) is 9.07. The number of nitrogens with zero attached hydrogens (tertiary/aromatic N) is 4. The molecule has 2 heterocycles. The van der Waals surface area contributed by atoms with Crippen molar-refractivity contribution in [1.29, 1.82) is 5.26 Å². The fraction of sp³-hybridized carbons (Fsp3) is 0.259. The molecule has 0 saturated carbocycles. The molecular weight excluding hydrogens is 492 g/mol. The number of Topliss-reactive ketones (excluding diaryl/α,β-unsaturated/α-hetero) is 1. The van der Waals surface area contributed by atoms with Gasteiger partial charge in [0, 0.05) is 53.7 Å². The molecule has 2 aromatic carbocycles. The quantitative estimate of drug-likeness (QED) is 0.640. The van der Waals surface area contributed by atoms with Gasteiger partial charge < -0.3 is 16.0 Å². The Morgan fingerprint density at radius 1 is 1.19 bits per heavy atom. The van der Waals surface area contributed by atoms with E-state index in [0.29, 0.717) is 40.5 Å². The van der Waals surface area contributed by atoms with E-state index in [1.54, 1.807) is 72.6 Å². The third-order valence-corrected chi connectivity index (χ3v) is 7.20. The highest BCUT2D eigenvalue weighted by Crippen LogP contribution is 2.56. The Bertz CT molecular complexity index is 1460. The number of nitriles is 1. The van der Waals surface area contributed by atoms with Crippen LogP contribution in [0, 0.1) is 11.3 Å². The lowest BCUT2D eigenvalue weighted by molar-refractivity contribution is -0.125. The topological polar surface area (TPSA) is 123 Å². The van der Waals surface area contributed by atoms with E-state index in [9.17, 15) is 19.6 Å². The van der Waals surface area contributed by atoms with Crippen molar-refractivity contribution in [1.82, 2.24) is 10.0 Å². The number of allylic oxidation sites excluding steroid dienone is 1. The lowest BCUT2D eigenvalue weighted by Crippen LogP contribution is -2.55. The van der Waals surface area contributed by atoms with Crippen molar-refractivity contribution < 1.29 is 14.4 Å². The summed E-state index contributed by atoms with van der Waals surface area (Å²) >= 11 is 6.04. The van der Waals surface area contributed by atoms with E-state index < -0.39 is 17.2 Å². The fourth-order valence-electron chi connectivity index (χ4n) is 5.63. The number of para-hydroxylation sites is 1. The highest BCUT2D eigenvalue weighted by Gasteiger charge is 2.62. The minimum absolute atomic E-state index is 0.0228.